The molecule has 134 valence electrons. The molecule has 1 heterocycles. The first kappa shape index (κ1) is 18.6. The van der Waals surface area contributed by atoms with Gasteiger partial charge in [0.15, 0.2) is 11.5 Å². The minimum atomic E-state index is -0.0552. The number of nitrogens with one attached hydrogen (secondary N) is 2. The van der Waals surface area contributed by atoms with Crippen molar-refractivity contribution in [3.8, 4) is 11.5 Å². The summed E-state index contributed by atoms with van der Waals surface area (Å²) in [5, 5.41) is 6.41. The number of carbonyl (C=O) groups is 1. The first-order chi connectivity index (χ1) is 11.5. The van der Waals surface area contributed by atoms with Crippen LogP contribution in [-0.2, 0) is 4.79 Å². The fourth-order valence-corrected chi connectivity index (χ4v) is 2.83. The topological polar surface area (TPSA) is 59.6 Å². The summed E-state index contributed by atoms with van der Waals surface area (Å²) in [7, 11) is 1.64. The third kappa shape index (κ3) is 5.13. The highest BCUT2D eigenvalue weighted by Crippen LogP contribution is 2.31. The number of hydrogen-bond acceptors (Lipinski definition) is 4. The van der Waals surface area contributed by atoms with Gasteiger partial charge in [0.1, 0.15) is 0 Å². The van der Waals surface area contributed by atoms with Crippen LogP contribution in [0.1, 0.15) is 45.2 Å². The maximum absolute atomic E-state index is 12.4. The molecule has 0 aromatic heterocycles. The number of carbonyl (C=O) groups excluding carboxylic acids is 1. The molecule has 0 spiro atoms. The summed E-state index contributed by atoms with van der Waals surface area (Å²) in [5.41, 5.74) is 1.02. The SMILES string of the molecule is COc1cc(C(C)NC(=O)C2CCNCC2)ccc1OCC(C)C. The molecule has 1 fully saturated rings. The summed E-state index contributed by atoms with van der Waals surface area (Å²) >= 11 is 0. The van der Waals surface area contributed by atoms with Crippen molar-refractivity contribution in [2.24, 2.45) is 11.8 Å². The predicted octanol–water partition coefficient (Wildman–Crippen LogP) is 2.91. The predicted molar refractivity (Wildman–Crippen MR) is 95.5 cm³/mol. The molecule has 24 heavy (non-hydrogen) atoms. The van der Waals surface area contributed by atoms with Crippen LogP contribution in [-0.4, -0.2) is 32.7 Å². The van der Waals surface area contributed by atoms with Crippen molar-refractivity contribution in [1.82, 2.24) is 10.6 Å². The van der Waals surface area contributed by atoms with Gasteiger partial charge in [-0.1, -0.05) is 19.9 Å². The van der Waals surface area contributed by atoms with E-state index in [9.17, 15) is 4.79 Å². The second-order valence-corrected chi connectivity index (χ2v) is 6.87. The third-order valence-electron chi connectivity index (χ3n) is 4.33. The number of ether oxygens (including phenoxy) is 2. The largest absolute Gasteiger partial charge is 0.493 e. The molecule has 1 unspecified atom stereocenters. The van der Waals surface area contributed by atoms with Crippen LogP contribution in [0, 0.1) is 11.8 Å². The maximum Gasteiger partial charge on any atom is 0.223 e. The van der Waals surface area contributed by atoms with E-state index in [1.807, 2.05) is 25.1 Å². The third-order valence-corrected chi connectivity index (χ3v) is 4.33. The zero-order valence-electron chi connectivity index (χ0n) is 15.2. The second kappa shape index (κ2) is 8.92. The fraction of sp³-hybridized carbons (Fsp3) is 0.632. The molecule has 1 amide bonds. The zero-order chi connectivity index (χ0) is 17.5. The number of amides is 1. The van der Waals surface area contributed by atoms with Gasteiger partial charge in [0.05, 0.1) is 19.8 Å². The average Bonchev–Trinajstić information content (AvgIpc) is 2.60. The zero-order valence-corrected chi connectivity index (χ0v) is 15.2. The van der Waals surface area contributed by atoms with E-state index >= 15 is 0 Å². The summed E-state index contributed by atoms with van der Waals surface area (Å²) in [6.45, 7) is 8.71. The molecular formula is C19H30N2O3. The quantitative estimate of drug-likeness (QED) is 0.805. The van der Waals surface area contributed by atoms with E-state index in [2.05, 4.69) is 24.5 Å². The molecule has 0 bridgehead atoms. The standard InChI is InChI=1S/C19H30N2O3/c1-13(2)12-24-17-6-5-16(11-18(17)23-4)14(3)21-19(22)15-7-9-20-10-8-15/h5-6,11,13-15,20H,7-10,12H2,1-4H3,(H,21,22). The molecule has 2 N–H and O–H groups in total. The Kier molecular flexibility index (Phi) is 6.91. The average molecular weight is 334 g/mol. The van der Waals surface area contributed by atoms with Crippen LogP contribution in [0.4, 0.5) is 0 Å². The van der Waals surface area contributed by atoms with E-state index in [4.69, 9.17) is 9.47 Å². The van der Waals surface area contributed by atoms with E-state index in [1.165, 1.54) is 0 Å². The van der Waals surface area contributed by atoms with E-state index in [0.717, 1.165) is 37.2 Å². The molecule has 0 aliphatic carbocycles. The van der Waals surface area contributed by atoms with Crippen LogP contribution in [0.3, 0.4) is 0 Å². The Balaban J connectivity index is 2.00. The van der Waals surface area contributed by atoms with Gasteiger partial charge in [0.2, 0.25) is 5.91 Å². The number of hydrogen-bond donors (Lipinski definition) is 2. The van der Waals surface area contributed by atoms with Crippen molar-refractivity contribution in [2.75, 3.05) is 26.8 Å². The van der Waals surface area contributed by atoms with Crippen molar-refractivity contribution in [2.45, 2.75) is 39.7 Å². The number of rotatable bonds is 7. The molecular weight excluding hydrogens is 304 g/mol. The lowest BCUT2D eigenvalue weighted by Crippen LogP contribution is -2.39. The summed E-state index contributed by atoms with van der Waals surface area (Å²) in [5.74, 6) is 2.16. The van der Waals surface area contributed by atoms with E-state index < -0.39 is 0 Å². The highest BCUT2D eigenvalue weighted by Gasteiger charge is 2.22. The summed E-state index contributed by atoms with van der Waals surface area (Å²) in [6.07, 6.45) is 1.81. The molecule has 1 aliphatic rings. The molecule has 1 atom stereocenters. The number of piperidine rings is 1. The molecule has 1 aromatic rings. The number of benzene rings is 1. The lowest BCUT2D eigenvalue weighted by molar-refractivity contribution is -0.126. The Labute approximate surface area is 145 Å². The van der Waals surface area contributed by atoms with Gasteiger partial charge < -0.3 is 20.1 Å². The summed E-state index contributed by atoms with van der Waals surface area (Å²) in [4.78, 5) is 12.4. The Hall–Kier alpha value is -1.75. The minimum absolute atomic E-state index is 0.0552. The Bertz CT molecular complexity index is 539. The minimum Gasteiger partial charge on any atom is -0.493 e. The van der Waals surface area contributed by atoms with Gasteiger partial charge in [0, 0.05) is 5.92 Å². The van der Waals surface area contributed by atoms with Gasteiger partial charge in [-0.2, -0.15) is 0 Å². The van der Waals surface area contributed by atoms with Gasteiger partial charge in [-0.15, -0.1) is 0 Å². The molecule has 1 aromatic carbocycles. The van der Waals surface area contributed by atoms with Gasteiger partial charge >= 0.3 is 0 Å². The van der Waals surface area contributed by atoms with Crippen LogP contribution in [0.5, 0.6) is 11.5 Å². The van der Waals surface area contributed by atoms with Gasteiger partial charge in [-0.25, -0.2) is 0 Å². The Morgan fingerprint density at radius 3 is 2.58 bits per heavy atom. The summed E-state index contributed by atoms with van der Waals surface area (Å²) in [6, 6.07) is 5.80. The van der Waals surface area contributed by atoms with E-state index in [-0.39, 0.29) is 17.9 Å². The fourth-order valence-electron chi connectivity index (χ4n) is 2.83. The van der Waals surface area contributed by atoms with Crippen molar-refractivity contribution in [1.29, 1.82) is 0 Å². The summed E-state index contributed by atoms with van der Waals surface area (Å²) < 4.78 is 11.2. The van der Waals surface area contributed by atoms with Crippen LogP contribution in [0.2, 0.25) is 0 Å². The van der Waals surface area contributed by atoms with Crippen LogP contribution < -0.4 is 20.1 Å². The Morgan fingerprint density at radius 1 is 1.25 bits per heavy atom. The van der Waals surface area contributed by atoms with E-state index in [1.54, 1.807) is 7.11 Å². The maximum atomic E-state index is 12.4. The lowest BCUT2D eigenvalue weighted by Gasteiger charge is -2.24. The van der Waals surface area contributed by atoms with Crippen molar-refractivity contribution >= 4 is 5.91 Å². The normalized spacial score (nSPS) is 16.7. The van der Waals surface area contributed by atoms with Gasteiger partial charge in [-0.05, 0) is 56.5 Å². The first-order valence-electron chi connectivity index (χ1n) is 8.83. The lowest BCUT2D eigenvalue weighted by atomic mass is 9.96. The first-order valence-corrected chi connectivity index (χ1v) is 8.83. The van der Waals surface area contributed by atoms with Crippen molar-refractivity contribution < 1.29 is 14.3 Å². The second-order valence-electron chi connectivity index (χ2n) is 6.87. The highest BCUT2D eigenvalue weighted by atomic mass is 16.5. The van der Waals surface area contributed by atoms with Crippen LogP contribution in [0.15, 0.2) is 18.2 Å². The highest BCUT2D eigenvalue weighted by molar-refractivity contribution is 5.79. The number of methoxy groups -OCH3 is 1. The molecule has 5 nitrogen and oxygen atoms in total. The smallest absolute Gasteiger partial charge is 0.223 e. The van der Waals surface area contributed by atoms with Crippen LogP contribution in [0.25, 0.3) is 0 Å². The van der Waals surface area contributed by atoms with Crippen molar-refractivity contribution in [3.63, 3.8) is 0 Å². The molecule has 0 saturated carbocycles. The monoisotopic (exact) mass is 334 g/mol. The van der Waals surface area contributed by atoms with Gasteiger partial charge in [0.25, 0.3) is 0 Å². The molecule has 1 saturated heterocycles. The molecule has 2 rings (SSSR count). The van der Waals surface area contributed by atoms with E-state index in [0.29, 0.717) is 18.3 Å². The molecule has 5 heteroatoms. The molecule has 0 radical (unpaired) electrons. The van der Waals surface area contributed by atoms with Gasteiger partial charge in [-0.3, -0.25) is 4.79 Å². The Morgan fingerprint density at radius 2 is 1.96 bits per heavy atom. The molecule has 1 aliphatic heterocycles. The van der Waals surface area contributed by atoms with Crippen LogP contribution >= 0.6 is 0 Å². The van der Waals surface area contributed by atoms with Crippen molar-refractivity contribution in [3.05, 3.63) is 23.8 Å².